The molecule has 1 heterocycles. The van der Waals surface area contributed by atoms with Crippen LogP contribution in [-0.2, 0) is 11.3 Å². The van der Waals surface area contributed by atoms with Crippen molar-refractivity contribution in [1.29, 1.82) is 0 Å². The first-order valence-electron chi connectivity index (χ1n) is 5.88. The third-order valence-corrected chi connectivity index (χ3v) is 4.17. The number of anilines is 1. The molecular weight excluding hydrogens is 393 g/mol. The molecule has 20 heavy (non-hydrogen) atoms. The number of nitrogens with one attached hydrogen (secondary N) is 1. The summed E-state index contributed by atoms with van der Waals surface area (Å²) in [7, 11) is 1.63. The van der Waals surface area contributed by atoms with Crippen LogP contribution in [0.3, 0.4) is 0 Å². The lowest BCUT2D eigenvalue weighted by atomic mass is 10.2. The lowest BCUT2D eigenvalue weighted by molar-refractivity contribution is 0.102. The van der Waals surface area contributed by atoms with Gasteiger partial charge in [0.25, 0.3) is 5.91 Å². The fourth-order valence-corrected chi connectivity index (χ4v) is 2.09. The molecule has 1 amide bonds. The summed E-state index contributed by atoms with van der Waals surface area (Å²) in [5.74, 6) is -0.213. The number of hydrogen-bond donors (Lipinski definition) is 1. The lowest BCUT2D eigenvalue weighted by Gasteiger charge is -2.04. The van der Waals surface area contributed by atoms with E-state index in [-0.39, 0.29) is 5.91 Å². The highest BCUT2D eigenvalue weighted by Gasteiger charge is 2.09. The maximum Gasteiger partial charge on any atom is 0.255 e. The highest BCUT2D eigenvalue weighted by Crippen LogP contribution is 2.20. The summed E-state index contributed by atoms with van der Waals surface area (Å²) in [4.78, 5) is 12.1. The Labute approximate surface area is 135 Å². The molecule has 0 saturated heterocycles. The van der Waals surface area contributed by atoms with E-state index in [0.29, 0.717) is 29.4 Å². The van der Waals surface area contributed by atoms with E-state index in [4.69, 9.17) is 16.3 Å². The predicted molar refractivity (Wildman–Crippen MR) is 86.2 cm³/mol. The van der Waals surface area contributed by atoms with Crippen molar-refractivity contribution < 1.29 is 9.53 Å². The van der Waals surface area contributed by atoms with Gasteiger partial charge >= 0.3 is 0 Å². The maximum atomic E-state index is 12.1. The Balaban J connectivity index is 2.03. The molecule has 1 N–H and O–H groups in total. The molecule has 1 aromatic carbocycles. The van der Waals surface area contributed by atoms with Crippen LogP contribution in [0, 0.1) is 3.57 Å². The predicted octanol–water partition coefficient (Wildman–Crippen LogP) is 3.04. The third kappa shape index (κ3) is 3.94. The minimum absolute atomic E-state index is 0.213. The molecule has 0 unspecified atom stereocenters. The van der Waals surface area contributed by atoms with Crippen LogP contribution in [0.4, 0.5) is 5.69 Å². The second-order valence-corrected chi connectivity index (χ2v) is 5.64. The number of aromatic nitrogens is 2. The van der Waals surface area contributed by atoms with Crippen molar-refractivity contribution >= 4 is 45.8 Å². The molecule has 0 aliphatic rings. The van der Waals surface area contributed by atoms with E-state index in [9.17, 15) is 4.79 Å². The zero-order chi connectivity index (χ0) is 14.5. The van der Waals surface area contributed by atoms with Gasteiger partial charge in [-0.2, -0.15) is 5.10 Å². The molecule has 2 rings (SSSR count). The van der Waals surface area contributed by atoms with Crippen molar-refractivity contribution in [3.63, 3.8) is 0 Å². The zero-order valence-electron chi connectivity index (χ0n) is 10.8. The first-order chi connectivity index (χ1) is 9.60. The molecule has 0 bridgehead atoms. The zero-order valence-corrected chi connectivity index (χ0v) is 13.7. The molecular formula is C13H13ClIN3O2. The third-order valence-electron chi connectivity index (χ3n) is 2.60. The van der Waals surface area contributed by atoms with Gasteiger partial charge in [0.2, 0.25) is 0 Å². The Morgan fingerprint density at radius 1 is 1.55 bits per heavy atom. The van der Waals surface area contributed by atoms with E-state index >= 15 is 0 Å². The quantitative estimate of drug-likeness (QED) is 0.778. The normalized spacial score (nSPS) is 10.6. The number of nitrogens with zero attached hydrogens (tertiary/aromatic N) is 2. The molecule has 0 spiro atoms. The summed E-state index contributed by atoms with van der Waals surface area (Å²) in [6.45, 7) is 1.21. The Hall–Kier alpha value is -1.12. The fourth-order valence-electron chi connectivity index (χ4n) is 1.58. The van der Waals surface area contributed by atoms with Crippen molar-refractivity contribution in [2.75, 3.05) is 19.0 Å². The van der Waals surface area contributed by atoms with Gasteiger partial charge in [-0.15, -0.1) is 0 Å². The molecule has 106 valence electrons. The number of hydrogen-bond acceptors (Lipinski definition) is 3. The summed E-state index contributed by atoms with van der Waals surface area (Å²) < 4.78 is 7.58. The molecule has 2 aromatic rings. The van der Waals surface area contributed by atoms with Crippen LogP contribution in [0.15, 0.2) is 30.6 Å². The topological polar surface area (TPSA) is 56.1 Å². The standard InChI is InChI=1S/C13H13ClIN3O2/c1-20-5-4-18-8-10(7-16-18)17-13(19)9-2-3-12(15)11(14)6-9/h2-3,6-8H,4-5H2,1H3,(H,17,19). The van der Waals surface area contributed by atoms with Gasteiger partial charge in [-0.1, -0.05) is 11.6 Å². The van der Waals surface area contributed by atoms with Crippen molar-refractivity contribution in [1.82, 2.24) is 9.78 Å². The van der Waals surface area contributed by atoms with Gasteiger partial charge in [0.05, 0.1) is 30.1 Å². The van der Waals surface area contributed by atoms with Gasteiger partial charge in [0, 0.05) is 22.4 Å². The summed E-state index contributed by atoms with van der Waals surface area (Å²) >= 11 is 8.12. The average molecular weight is 406 g/mol. The fraction of sp³-hybridized carbons (Fsp3) is 0.231. The minimum Gasteiger partial charge on any atom is -0.383 e. The number of benzene rings is 1. The molecule has 0 saturated carbocycles. The maximum absolute atomic E-state index is 12.1. The summed E-state index contributed by atoms with van der Waals surface area (Å²) in [5, 5.41) is 7.47. The van der Waals surface area contributed by atoms with Crippen molar-refractivity contribution in [3.05, 3.63) is 44.7 Å². The highest BCUT2D eigenvalue weighted by atomic mass is 127. The van der Waals surface area contributed by atoms with Gasteiger partial charge in [-0.05, 0) is 40.8 Å². The van der Waals surface area contributed by atoms with Gasteiger partial charge in [0.1, 0.15) is 0 Å². The average Bonchev–Trinajstić information content (AvgIpc) is 2.87. The van der Waals surface area contributed by atoms with E-state index < -0.39 is 0 Å². The molecule has 1 aromatic heterocycles. The van der Waals surface area contributed by atoms with Gasteiger partial charge in [-0.3, -0.25) is 9.48 Å². The van der Waals surface area contributed by atoms with Crippen LogP contribution in [-0.4, -0.2) is 29.4 Å². The number of methoxy groups -OCH3 is 1. The summed E-state index contributed by atoms with van der Waals surface area (Å²) in [6, 6.07) is 5.19. The lowest BCUT2D eigenvalue weighted by Crippen LogP contribution is -2.11. The van der Waals surface area contributed by atoms with E-state index in [1.165, 1.54) is 0 Å². The monoisotopic (exact) mass is 405 g/mol. The summed E-state index contributed by atoms with van der Waals surface area (Å²) in [6.07, 6.45) is 3.35. The van der Waals surface area contributed by atoms with E-state index in [0.717, 1.165) is 3.57 Å². The number of amides is 1. The number of carbonyl (C=O) groups excluding carboxylic acids is 1. The number of ether oxygens (including phenoxy) is 1. The highest BCUT2D eigenvalue weighted by molar-refractivity contribution is 14.1. The summed E-state index contributed by atoms with van der Waals surface area (Å²) in [5.41, 5.74) is 1.15. The first-order valence-corrected chi connectivity index (χ1v) is 7.33. The van der Waals surface area contributed by atoms with Crippen molar-refractivity contribution in [2.24, 2.45) is 0 Å². The van der Waals surface area contributed by atoms with E-state index in [1.54, 1.807) is 42.4 Å². The molecule has 0 aliphatic carbocycles. The Bertz CT molecular complexity index is 615. The second kappa shape index (κ2) is 7.05. The van der Waals surface area contributed by atoms with Crippen molar-refractivity contribution in [3.8, 4) is 0 Å². The van der Waals surface area contributed by atoms with Crippen molar-refractivity contribution in [2.45, 2.75) is 6.54 Å². The molecule has 0 atom stereocenters. The van der Waals surface area contributed by atoms with Gasteiger partial charge in [0.15, 0.2) is 0 Å². The number of carbonyl (C=O) groups is 1. The number of rotatable bonds is 5. The molecule has 0 radical (unpaired) electrons. The minimum atomic E-state index is -0.213. The largest absolute Gasteiger partial charge is 0.383 e. The van der Waals surface area contributed by atoms with Crippen LogP contribution < -0.4 is 5.32 Å². The first kappa shape index (κ1) is 15.3. The molecule has 0 fully saturated rings. The molecule has 5 nitrogen and oxygen atoms in total. The SMILES string of the molecule is COCCn1cc(NC(=O)c2ccc(I)c(Cl)c2)cn1. The Morgan fingerprint density at radius 2 is 2.35 bits per heavy atom. The molecule has 7 heteroatoms. The van der Waals surface area contributed by atoms with Crippen LogP contribution in [0.1, 0.15) is 10.4 Å². The van der Waals surface area contributed by atoms with E-state index in [1.807, 2.05) is 0 Å². The van der Waals surface area contributed by atoms with Crippen LogP contribution >= 0.6 is 34.2 Å². The Morgan fingerprint density at radius 3 is 3.05 bits per heavy atom. The van der Waals surface area contributed by atoms with Gasteiger partial charge < -0.3 is 10.1 Å². The van der Waals surface area contributed by atoms with Gasteiger partial charge in [-0.25, -0.2) is 0 Å². The van der Waals surface area contributed by atoms with E-state index in [2.05, 4.69) is 33.0 Å². The van der Waals surface area contributed by atoms with Crippen LogP contribution in [0.25, 0.3) is 0 Å². The second-order valence-electron chi connectivity index (χ2n) is 4.07. The molecule has 0 aliphatic heterocycles. The smallest absolute Gasteiger partial charge is 0.255 e. The Kier molecular flexibility index (Phi) is 5.38. The van der Waals surface area contributed by atoms with Crippen LogP contribution in [0.5, 0.6) is 0 Å². The van der Waals surface area contributed by atoms with Crippen LogP contribution in [0.2, 0.25) is 5.02 Å². The number of halogens is 2.